The van der Waals surface area contributed by atoms with Crippen LogP contribution in [0.4, 0.5) is 11.4 Å². The maximum atomic E-state index is 12.8. The number of rotatable bonds is 6. The van der Waals surface area contributed by atoms with Crippen molar-refractivity contribution in [2.24, 2.45) is 0 Å². The first-order valence-corrected chi connectivity index (χ1v) is 8.38. The molecular weight excluding hydrogens is 300 g/mol. The van der Waals surface area contributed by atoms with Crippen molar-refractivity contribution in [3.63, 3.8) is 0 Å². The molecule has 0 spiro atoms. The monoisotopic (exact) mass is 324 g/mol. The van der Waals surface area contributed by atoms with Gasteiger partial charge in [0.2, 0.25) is 0 Å². The van der Waals surface area contributed by atoms with Crippen LogP contribution in [0.3, 0.4) is 0 Å². The lowest BCUT2D eigenvalue weighted by atomic mass is 10.2. The summed E-state index contributed by atoms with van der Waals surface area (Å²) in [6.07, 6.45) is 5.38. The molecule has 5 heteroatoms. The van der Waals surface area contributed by atoms with Gasteiger partial charge in [0, 0.05) is 31.2 Å². The van der Waals surface area contributed by atoms with Crippen molar-refractivity contribution in [1.29, 1.82) is 0 Å². The van der Waals surface area contributed by atoms with Gasteiger partial charge in [-0.3, -0.25) is 9.78 Å². The maximum Gasteiger partial charge on any atom is 0.259 e. The number of pyridine rings is 1. The Morgan fingerprint density at radius 1 is 1.29 bits per heavy atom. The van der Waals surface area contributed by atoms with E-state index in [9.17, 15) is 4.79 Å². The Balaban J connectivity index is 1.67. The van der Waals surface area contributed by atoms with Crippen molar-refractivity contribution in [2.45, 2.75) is 12.8 Å². The standard InChI is InChI=1S/C19H24N4O/c1-22(2)10-5-9-21-17-12-16(13-20-14-17)19(24)23-11-8-15-6-3-4-7-18(15)23/h3-4,6-7,12-14,21H,5,8-11H2,1-2H3. The minimum Gasteiger partial charge on any atom is -0.384 e. The fourth-order valence-electron chi connectivity index (χ4n) is 2.99. The molecule has 3 rings (SSSR count). The zero-order valence-electron chi connectivity index (χ0n) is 14.3. The predicted molar refractivity (Wildman–Crippen MR) is 97.7 cm³/mol. The zero-order valence-corrected chi connectivity index (χ0v) is 14.3. The Morgan fingerprint density at radius 3 is 2.96 bits per heavy atom. The molecule has 0 saturated carbocycles. The lowest BCUT2D eigenvalue weighted by Gasteiger charge is -2.17. The molecule has 0 atom stereocenters. The maximum absolute atomic E-state index is 12.8. The van der Waals surface area contributed by atoms with Gasteiger partial charge in [0.05, 0.1) is 11.3 Å². The van der Waals surface area contributed by atoms with E-state index in [0.29, 0.717) is 5.56 Å². The summed E-state index contributed by atoms with van der Waals surface area (Å²) in [5.41, 5.74) is 3.78. The van der Waals surface area contributed by atoms with Gasteiger partial charge in [-0.15, -0.1) is 0 Å². The lowest BCUT2D eigenvalue weighted by Crippen LogP contribution is -2.29. The predicted octanol–water partition coefficient (Wildman–Crippen LogP) is 2.65. The van der Waals surface area contributed by atoms with Crippen LogP contribution in [-0.4, -0.2) is 49.5 Å². The van der Waals surface area contributed by atoms with Crippen molar-refractivity contribution < 1.29 is 4.79 Å². The minimum atomic E-state index is 0.0180. The van der Waals surface area contributed by atoms with E-state index in [-0.39, 0.29) is 5.91 Å². The Kier molecular flexibility index (Phi) is 5.11. The first kappa shape index (κ1) is 16.5. The van der Waals surface area contributed by atoms with E-state index in [4.69, 9.17) is 0 Å². The fourth-order valence-corrected chi connectivity index (χ4v) is 2.99. The number of amides is 1. The average Bonchev–Trinajstić information content (AvgIpc) is 3.02. The van der Waals surface area contributed by atoms with Gasteiger partial charge in [-0.1, -0.05) is 18.2 Å². The third kappa shape index (κ3) is 3.74. The number of fused-ring (bicyclic) bond motifs is 1. The second kappa shape index (κ2) is 7.45. The number of hydrogen-bond acceptors (Lipinski definition) is 4. The molecular formula is C19H24N4O. The molecule has 0 unspecified atom stereocenters. The van der Waals surface area contributed by atoms with Crippen LogP contribution in [0, 0.1) is 0 Å². The molecule has 2 heterocycles. The number of nitrogens with zero attached hydrogens (tertiary/aromatic N) is 3. The SMILES string of the molecule is CN(C)CCCNc1cncc(C(=O)N2CCc3ccccc32)c1. The summed E-state index contributed by atoms with van der Waals surface area (Å²) >= 11 is 0. The second-order valence-corrected chi connectivity index (χ2v) is 6.38. The van der Waals surface area contributed by atoms with Crippen molar-refractivity contribution >= 4 is 17.3 Å². The highest BCUT2D eigenvalue weighted by atomic mass is 16.2. The van der Waals surface area contributed by atoms with Crippen LogP contribution < -0.4 is 10.2 Å². The largest absolute Gasteiger partial charge is 0.384 e. The van der Waals surface area contributed by atoms with E-state index in [2.05, 4.69) is 35.4 Å². The first-order chi connectivity index (χ1) is 11.6. The molecule has 0 saturated heterocycles. The van der Waals surface area contributed by atoms with Crippen LogP contribution in [-0.2, 0) is 6.42 Å². The third-order valence-corrected chi connectivity index (χ3v) is 4.23. The van der Waals surface area contributed by atoms with E-state index in [1.165, 1.54) is 5.56 Å². The lowest BCUT2D eigenvalue weighted by molar-refractivity contribution is 0.0989. The minimum absolute atomic E-state index is 0.0180. The smallest absolute Gasteiger partial charge is 0.259 e. The molecule has 1 aromatic heterocycles. The molecule has 0 fully saturated rings. The van der Waals surface area contributed by atoms with Crippen molar-refractivity contribution in [3.05, 3.63) is 53.9 Å². The number of anilines is 2. The highest BCUT2D eigenvalue weighted by Gasteiger charge is 2.25. The number of aromatic nitrogens is 1. The van der Waals surface area contributed by atoms with E-state index in [0.717, 1.165) is 43.9 Å². The van der Waals surface area contributed by atoms with Crippen LogP contribution in [0.25, 0.3) is 0 Å². The number of carbonyl (C=O) groups is 1. The molecule has 0 bridgehead atoms. The number of para-hydroxylation sites is 1. The van der Waals surface area contributed by atoms with Crippen LogP contribution in [0.2, 0.25) is 0 Å². The summed E-state index contributed by atoms with van der Waals surface area (Å²) in [5.74, 6) is 0.0180. The molecule has 5 nitrogen and oxygen atoms in total. The Morgan fingerprint density at radius 2 is 2.12 bits per heavy atom. The number of nitrogens with one attached hydrogen (secondary N) is 1. The normalized spacial score (nSPS) is 13.2. The van der Waals surface area contributed by atoms with Crippen LogP contribution >= 0.6 is 0 Å². The molecule has 1 aromatic carbocycles. The molecule has 1 amide bonds. The van der Waals surface area contributed by atoms with Crippen LogP contribution in [0.15, 0.2) is 42.7 Å². The Labute approximate surface area is 143 Å². The highest BCUT2D eigenvalue weighted by molar-refractivity contribution is 6.07. The van der Waals surface area contributed by atoms with E-state index < -0.39 is 0 Å². The van der Waals surface area contributed by atoms with Gasteiger partial charge in [-0.25, -0.2) is 0 Å². The van der Waals surface area contributed by atoms with Crippen LogP contribution in [0.5, 0.6) is 0 Å². The van der Waals surface area contributed by atoms with Gasteiger partial charge in [0.15, 0.2) is 0 Å². The van der Waals surface area contributed by atoms with Crippen molar-refractivity contribution in [1.82, 2.24) is 9.88 Å². The van der Waals surface area contributed by atoms with Crippen molar-refractivity contribution in [2.75, 3.05) is 43.9 Å². The molecule has 126 valence electrons. The zero-order chi connectivity index (χ0) is 16.9. The fraction of sp³-hybridized carbons (Fsp3) is 0.368. The van der Waals surface area contributed by atoms with Crippen LogP contribution in [0.1, 0.15) is 22.3 Å². The summed E-state index contributed by atoms with van der Waals surface area (Å²) in [4.78, 5) is 21.1. The molecule has 24 heavy (non-hydrogen) atoms. The summed E-state index contributed by atoms with van der Waals surface area (Å²) in [6.45, 7) is 2.63. The molecule has 0 radical (unpaired) electrons. The molecule has 0 aliphatic carbocycles. The molecule has 2 aromatic rings. The van der Waals surface area contributed by atoms with Gasteiger partial charge in [-0.2, -0.15) is 0 Å². The van der Waals surface area contributed by atoms with Crippen molar-refractivity contribution in [3.8, 4) is 0 Å². The summed E-state index contributed by atoms with van der Waals surface area (Å²) < 4.78 is 0. The van der Waals surface area contributed by atoms with E-state index in [1.54, 1.807) is 12.4 Å². The topological polar surface area (TPSA) is 48.5 Å². The summed E-state index contributed by atoms with van der Waals surface area (Å²) in [7, 11) is 4.13. The van der Waals surface area contributed by atoms with Gasteiger partial charge >= 0.3 is 0 Å². The summed E-state index contributed by atoms with van der Waals surface area (Å²) in [5, 5.41) is 3.35. The number of benzene rings is 1. The molecule has 1 N–H and O–H groups in total. The Hall–Kier alpha value is -2.40. The molecule has 1 aliphatic rings. The highest BCUT2D eigenvalue weighted by Crippen LogP contribution is 2.29. The number of carbonyl (C=O) groups excluding carboxylic acids is 1. The number of hydrogen-bond donors (Lipinski definition) is 1. The average molecular weight is 324 g/mol. The summed E-state index contributed by atoms with van der Waals surface area (Å²) in [6, 6.07) is 9.99. The van der Waals surface area contributed by atoms with E-state index >= 15 is 0 Å². The van der Waals surface area contributed by atoms with E-state index in [1.807, 2.05) is 29.2 Å². The van der Waals surface area contributed by atoms with Gasteiger partial charge in [0.1, 0.15) is 0 Å². The molecule has 1 aliphatic heterocycles. The van der Waals surface area contributed by atoms with Gasteiger partial charge in [0.25, 0.3) is 5.91 Å². The second-order valence-electron chi connectivity index (χ2n) is 6.38. The Bertz CT molecular complexity index is 714. The third-order valence-electron chi connectivity index (χ3n) is 4.23. The first-order valence-electron chi connectivity index (χ1n) is 8.38. The quantitative estimate of drug-likeness (QED) is 0.830. The van der Waals surface area contributed by atoms with Gasteiger partial charge < -0.3 is 15.1 Å². The van der Waals surface area contributed by atoms with Gasteiger partial charge in [-0.05, 0) is 51.2 Å².